The van der Waals surface area contributed by atoms with E-state index in [1.165, 1.54) is 12.8 Å². The molecule has 2 rings (SSSR count). The summed E-state index contributed by atoms with van der Waals surface area (Å²) >= 11 is 0. The van der Waals surface area contributed by atoms with Gasteiger partial charge in [-0.1, -0.05) is 0 Å². The molecule has 0 aromatic carbocycles. The summed E-state index contributed by atoms with van der Waals surface area (Å²) in [7, 11) is 0. The fourth-order valence-corrected chi connectivity index (χ4v) is 2.43. The van der Waals surface area contributed by atoms with E-state index in [9.17, 15) is 4.79 Å². The number of carbonyl (C=O) groups is 1. The number of quaternary nitrogens is 1. The molecule has 15 heavy (non-hydrogen) atoms. The highest BCUT2D eigenvalue weighted by atomic mass is 16.6. The number of hydrogen-bond acceptors (Lipinski definition) is 2. The van der Waals surface area contributed by atoms with Crippen molar-refractivity contribution < 1.29 is 14.8 Å². The van der Waals surface area contributed by atoms with Crippen LogP contribution in [-0.4, -0.2) is 41.8 Å². The average molecular weight is 213 g/mol. The van der Waals surface area contributed by atoms with E-state index in [0.717, 1.165) is 13.1 Å². The lowest BCUT2D eigenvalue weighted by Crippen LogP contribution is -2.96. The van der Waals surface area contributed by atoms with Crippen molar-refractivity contribution in [2.75, 3.05) is 13.1 Å². The van der Waals surface area contributed by atoms with Gasteiger partial charge in [-0.3, -0.25) is 4.90 Å². The smallest absolute Gasteiger partial charge is 0.410 e. The molecule has 0 aliphatic carbocycles. The van der Waals surface area contributed by atoms with Crippen LogP contribution in [0.5, 0.6) is 0 Å². The van der Waals surface area contributed by atoms with Crippen molar-refractivity contribution in [1.82, 2.24) is 4.90 Å². The van der Waals surface area contributed by atoms with Crippen LogP contribution in [0, 0.1) is 0 Å². The largest absolute Gasteiger partial charge is 0.444 e. The van der Waals surface area contributed by atoms with Crippen LogP contribution in [0.3, 0.4) is 0 Å². The SMILES string of the molecule is CC(C)(C)OC(=O)N1C[C@H]2CC[C@@H](C1)[NH2+]2. The Morgan fingerprint density at radius 2 is 1.80 bits per heavy atom. The topological polar surface area (TPSA) is 46.1 Å². The van der Waals surface area contributed by atoms with E-state index in [0.29, 0.717) is 12.1 Å². The van der Waals surface area contributed by atoms with Gasteiger partial charge in [0.15, 0.2) is 0 Å². The molecule has 1 amide bonds. The number of nitrogens with two attached hydrogens (primary N) is 1. The molecule has 4 heteroatoms. The third kappa shape index (κ3) is 2.62. The molecular weight excluding hydrogens is 192 g/mol. The van der Waals surface area contributed by atoms with Gasteiger partial charge in [-0.05, 0) is 20.8 Å². The van der Waals surface area contributed by atoms with E-state index in [4.69, 9.17) is 4.74 Å². The Bertz CT molecular complexity index is 248. The Morgan fingerprint density at radius 3 is 2.27 bits per heavy atom. The van der Waals surface area contributed by atoms with E-state index < -0.39 is 0 Å². The lowest BCUT2D eigenvalue weighted by molar-refractivity contribution is -0.709. The summed E-state index contributed by atoms with van der Waals surface area (Å²) in [5, 5.41) is 2.40. The van der Waals surface area contributed by atoms with Gasteiger partial charge in [0, 0.05) is 12.8 Å². The monoisotopic (exact) mass is 213 g/mol. The maximum atomic E-state index is 11.8. The van der Waals surface area contributed by atoms with Crippen LogP contribution in [0.4, 0.5) is 4.79 Å². The van der Waals surface area contributed by atoms with Gasteiger partial charge in [-0.2, -0.15) is 0 Å². The Balaban J connectivity index is 1.91. The third-order valence-electron chi connectivity index (χ3n) is 3.01. The minimum atomic E-state index is -0.378. The zero-order chi connectivity index (χ0) is 11.1. The number of likely N-dealkylation sites (tertiary alicyclic amines) is 1. The summed E-state index contributed by atoms with van der Waals surface area (Å²) in [5.41, 5.74) is -0.378. The van der Waals surface area contributed by atoms with Crippen LogP contribution < -0.4 is 5.32 Å². The lowest BCUT2D eigenvalue weighted by Gasteiger charge is -2.32. The van der Waals surface area contributed by atoms with Crippen molar-refractivity contribution in [3.05, 3.63) is 0 Å². The molecule has 0 spiro atoms. The minimum absolute atomic E-state index is 0.146. The number of amides is 1. The second kappa shape index (κ2) is 3.67. The highest BCUT2D eigenvalue weighted by Gasteiger charge is 2.39. The highest BCUT2D eigenvalue weighted by Crippen LogP contribution is 2.16. The second-order valence-corrected chi connectivity index (χ2v) is 5.68. The molecule has 2 heterocycles. The molecule has 2 atom stereocenters. The fourth-order valence-electron chi connectivity index (χ4n) is 2.43. The molecule has 2 aliphatic rings. The first-order valence-electron chi connectivity index (χ1n) is 5.77. The Kier molecular flexibility index (Phi) is 2.63. The summed E-state index contributed by atoms with van der Waals surface area (Å²) in [4.78, 5) is 13.7. The normalized spacial score (nSPS) is 30.5. The fraction of sp³-hybridized carbons (Fsp3) is 0.909. The minimum Gasteiger partial charge on any atom is -0.444 e. The van der Waals surface area contributed by atoms with Crippen LogP contribution >= 0.6 is 0 Å². The number of fused-ring (bicyclic) bond motifs is 2. The van der Waals surface area contributed by atoms with Crippen molar-refractivity contribution in [3.63, 3.8) is 0 Å². The highest BCUT2D eigenvalue weighted by molar-refractivity contribution is 5.68. The Hall–Kier alpha value is -0.770. The zero-order valence-electron chi connectivity index (χ0n) is 9.82. The van der Waals surface area contributed by atoms with Gasteiger partial charge in [-0.15, -0.1) is 0 Å². The number of nitrogens with zero attached hydrogens (tertiary/aromatic N) is 1. The van der Waals surface area contributed by atoms with Crippen molar-refractivity contribution in [1.29, 1.82) is 0 Å². The van der Waals surface area contributed by atoms with E-state index in [2.05, 4.69) is 5.32 Å². The molecule has 0 saturated carbocycles. The summed E-state index contributed by atoms with van der Waals surface area (Å²) < 4.78 is 5.37. The van der Waals surface area contributed by atoms with E-state index in [1.54, 1.807) is 0 Å². The molecule has 2 N–H and O–H groups in total. The van der Waals surface area contributed by atoms with Crippen molar-refractivity contribution in [3.8, 4) is 0 Å². The average Bonchev–Trinajstić information content (AvgIpc) is 2.42. The summed E-state index contributed by atoms with van der Waals surface area (Å²) in [6.45, 7) is 7.44. The van der Waals surface area contributed by atoms with Crippen molar-refractivity contribution >= 4 is 6.09 Å². The molecule has 0 aromatic rings. The van der Waals surface area contributed by atoms with Gasteiger partial charge in [0.25, 0.3) is 0 Å². The molecule has 2 aliphatic heterocycles. The van der Waals surface area contributed by atoms with Gasteiger partial charge in [0.05, 0.1) is 13.1 Å². The molecule has 2 saturated heterocycles. The molecule has 0 radical (unpaired) electrons. The maximum absolute atomic E-state index is 11.8. The summed E-state index contributed by atoms with van der Waals surface area (Å²) in [6.07, 6.45) is 2.33. The van der Waals surface area contributed by atoms with Crippen LogP contribution in [0.15, 0.2) is 0 Å². The molecular formula is C11H21N2O2+. The number of carbonyl (C=O) groups excluding carboxylic acids is 1. The molecule has 0 unspecified atom stereocenters. The van der Waals surface area contributed by atoms with Crippen LogP contribution in [0.1, 0.15) is 33.6 Å². The molecule has 0 aromatic heterocycles. The summed E-state index contributed by atoms with van der Waals surface area (Å²) in [5.74, 6) is 0. The summed E-state index contributed by atoms with van der Waals surface area (Å²) in [6, 6.07) is 1.22. The number of rotatable bonds is 0. The van der Waals surface area contributed by atoms with Gasteiger partial charge in [0.1, 0.15) is 17.7 Å². The third-order valence-corrected chi connectivity index (χ3v) is 3.01. The van der Waals surface area contributed by atoms with E-state index >= 15 is 0 Å². The molecule has 2 bridgehead atoms. The van der Waals surface area contributed by atoms with Crippen LogP contribution in [-0.2, 0) is 4.74 Å². The second-order valence-electron chi connectivity index (χ2n) is 5.68. The van der Waals surface area contributed by atoms with Crippen molar-refractivity contribution in [2.24, 2.45) is 0 Å². The standard InChI is InChI=1S/C11H20N2O2/c1-11(2,3)15-10(14)13-6-8-4-5-9(7-13)12-8/h8-9,12H,4-7H2,1-3H3/p+1/t8-,9+. The number of hydrogen-bond donors (Lipinski definition) is 1. The van der Waals surface area contributed by atoms with Gasteiger partial charge in [-0.25, -0.2) is 4.79 Å². The predicted octanol–water partition coefficient (Wildman–Crippen LogP) is 0.332. The molecule has 86 valence electrons. The predicted molar refractivity (Wildman–Crippen MR) is 56.5 cm³/mol. The van der Waals surface area contributed by atoms with Crippen LogP contribution in [0.2, 0.25) is 0 Å². The Morgan fingerprint density at radius 1 is 1.27 bits per heavy atom. The van der Waals surface area contributed by atoms with Gasteiger partial charge < -0.3 is 10.1 Å². The first kappa shape index (κ1) is 10.7. The van der Waals surface area contributed by atoms with Gasteiger partial charge in [0.2, 0.25) is 0 Å². The zero-order valence-corrected chi connectivity index (χ0v) is 9.82. The first-order valence-corrected chi connectivity index (χ1v) is 5.77. The first-order chi connectivity index (χ1) is 6.94. The lowest BCUT2D eigenvalue weighted by atomic mass is 10.2. The molecule has 4 nitrogen and oxygen atoms in total. The van der Waals surface area contributed by atoms with Gasteiger partial charge >= 0.3 is 6.09 Å². The number of ether oxygens (including phenoxy) is 1. The number of piperazine rings is 1. The van der Waals surface area contributed by atoms with E-state index in [1.807, 2.05) is 25.7 Å². The van der Waals surface area contributed by atoms with Crippen LogP contribution in [0.25, 0.3) is 0 Å². The van der Waals surface area contributed by atoms with Crippen molar-refractivity contribution in [2.45, 2.75) is 51.3 Å². The molecule has 2 fully saturated rings. The van der Waals surface area contributed by atoms with E-state index in [-0.39, 0.29) is 11.7 Å². The Labute approximate surface area is 91.0 Å². The quantitative estimate of drug-likeness (QED) is 0.630. The maximum Gasteiger partial charge on any atom is 0.410 e.